The second-order valence-electron chi connectivity index (χ2n) is 4.86. The van der Waals surface area contributed by atoms with E-state index in [1.54, 1.807) is 0 Å². The van der Waals surface area contributed by atoms with Crippen molar-refractivity contribution in [2.24, 2.45) is 5.41 Å². The molecule has 13 heavy (non-hydrogen) atoms. The summed E-state index contributed by atoms with van der Waals surface area (Å²) in [5.41, 5.74) is 0.489. The van der Waals surface area contributed by atoms with Crippen molar-refractivity contribution in [1.29, 1.82) is 0 Å². The van der Waals surface area contributed by atoms with Crippen molar-refractivity contribution >= 4 is 0 Å². The van der Waals surface area contributed by atoms with Gasteiger partial charge in [0.15, 0.2) is 0 Å². The van der Waals surface area contributed by atoms with Crippen LogP contribution in [-0.4, -0.2) is 25.8 Å². The first kappa shape index (κ1) is 9.47. The first-order valence-electron chi connectivity index (χ1n) is 5.62. The van der Waals surface area contributed by atoms with Crippen molar-refractivity contribution in [3.63, 3.8) is 0 Å². The third-order valence-corrected chi connectivity index (χ3v) is 3.52. The summed E-state index contributed by atoms with van der Waals surface area (Å²) in [6.07, 6.45) is 6.97. The van der Waals surface area contributed by atoms with E-state index >= 15 is 0 Å². The Morgan fingerprint density at radius 2 is 2.00 bits per heavy atom. The van der Waals surface area contributed by atoms with E-state index in [2.05, 4.69) is 12.2 Å². The van der Waals surface area contributed by atoms with Crippen LogP contribution in [0.4, 0.5) is 0 Å². The molecule has 1 spiro atoms. The molecule has 0 amide bonds. The molecule has 0 aromatic heterocycles. The van der Waals surface area contributed by atoms with Gasteiger partial charge in [0, 0.05) is 18.0 Å². The summed E-state index contributed by atoms with van der Waals surface area (Å²) in [5, 5.41) is 3.58. The molecule has 2 rings (SSSR count). The zero-order valence-electron chi connectivity index (χ0n) is 8.64. The Morgan fingerprint density at radius 3 is 2.77 bits per heavy atom. The molecule has 0 aromatic carbocycles. The van der Waals surface area contributed by atoms with Gasteiger partial charge >= 0.3 is 0 Å². The standard InChI is InChI=1S/C11H21NO/c1-10-7-13-9-11(8-12-10)5-3-2-4-6-11/h10,12H,2-9H2,1H3. The normalized spacial score (nSPS) is 34.4. The fourth-order valence-electron chi connectivity index (χ4n) is 2.58. The zero-order valence-corrected chi connectivity index (χ0v) is 8.64. The molecule has 1 unspecified atom stereocenters. The number of ether oxygens (including phenoxy) is 1. The zero-order chi connectivity index (χ0) is 9.15. The highest BCUT2D eigenvalue weighted by Crippen LogP contribution is 2.36. The molecule has 2 aliphatic rings. The molecule has 2 nitrogen and oxygen atoms in total. The Labute approximate surface area is 81.0 Å². The van der Waals surface area contributed by atoms with Crippen molar-refractivity contribution in [3.8, 4) is 0 Å². The van der Waals surface area contributed by atoms with Crippen LogP contribution < -0.4 is 5.32 Å². The summed E-state index contributed by atoms with van der Waals surface area (Å²) in [6.45, 7) is 5.27. The first-order chi connectivity index (χ1) is 6.31. The summed E-state index contributed by atoms with van der Waals surface area (Å²) < 4.78 is 5.74. The van der Waals surface area contributed by atoms with E-state index in [9.17, 15) is 0 Å². The number of nitrogens with one attached hydrogen (secondary N) is 1. The Hall–Kier alpha value is -0.0800. The Balaban J connectivity index is 1.95. The Morgan fingerprint density at radius 1 is 1.23 bits per heavy atom. The van der Waals surface area contributed by atoms with Crippen molar-refractivity contribution in [1.82, 2.24) is 5.32 Å². The lowest BCUT2D eigenvalue weighted by Gasteiger charge is -2.35. The van der Waals surface area contributed by atoms with Gasteiger partial charge in [-0.05, 0) is 19.8 Å². The van der Waals surface area contributed by atoms with Crippen LogP contribution in [0.3, 0.4) is 0 Å². The molecule has 1 N–H and O–H groups in total. The third kappa shape index (κ3) is 2.23. The van der Waals surface area contributed by atoms with Crippen LogP contribution in [0.1, 0.15) is 39.0 Å². The molecular formula is C11H21NO. The molecule has 1 atom stereocenters. The van der Waals surface area contributed by atoms with E-state index in [-0.39, 0.29) is 0 Å². The largest absolute Gasteiger partial charge is 0.379 e. The van der Waals surface area contributed by atoms with Crippen LogP contribution in [0.5, 0.6) is 0 Å². The van der Waals surface area contributed by atoms with Gasteiger partial charge in [0.2, 0.25) is 0 Å². The second-order valence-corrected chi connectivity index (χ2v) is 4.86. The van der Waals surface area contributed by atoms with Crippen molar-refractivity contribution in [2.45, 2.75) is 45.1 Å². The maximum absolute atomic E-state index is 5.74. The Bertz CT molecular complexity index is 163. The summed E-state index contributed by atoms with van der Waals surface area (Å²) >= 11 is 0. The quantitative estimate of drug-likeness (QED) is 0.619. The van der Waals surface area contributed by atoms with E-state index in [1.165, 1.54) is 38.6 Å². The molecule has 1 aliphatic carbocycles. The van der Waals surface area contributed by atoms with Crippen LogP contribution >= 0.6 is 0 Å². The van der Waals surface area contributed by atoms with Crippen LogP contribution in [0.2, 0.25) is 0 Å². The first-order valence-corrected chi connectivity index (χ1v) is 5.62. The van der Waals surface area contributed by atoms with Crippen molar-refractivity contribution in [3.05, 3.63) is 0 Å². The minimum Gasteiger partial charge on any atom is -0.379 e. The van der Waals surface area contributed by atoms with Gasteiger partial charge in [-0.25, -0.2) is 0 Å². The van der Waals surface area contributed by atoms with Gasteiger partial charge < -0.3 is 10.1 Å². The summed E-state index contributed by atoms with van der Waals surface area (Å²) in [4.78, 5) is 0. The third-order valence-electron chi connectivity index (χ3n) is 3.52. The highest BCUT2D eigenvalue weighted by molar-refractivity contribution is 4.87. The van der Waals surface area contributed by atoms with E-state index in [0.29, 0.717) is 11.5 Å². The molecule has 76 valence electrons. The van der Waals surface area contributed by atoms with E-state index < -0.39 is 0 Å². The molecule has 2 heteroatoms. The average molecular weight is 183 g/mol. The minimum absolute atomic E-state index is 0.489. The van der Waals surface area contributed by atoms with Crippen LogP contribution in [0, 0.1) is 5.41 Å². The molecular weight excluding hydrogens is 162 g/mol. The van der Waals surface area contributed by atoms with E-state index in [1.807, 2.05) is 0 Å². The predicted molar refractivity (Wildman–Crippen MR) is 53.8 cm³/mol. The number of hydrogen-bond donors (Lipinski definition) is 1. The molecule has 1 aliphatic heterocycles. The van der Waals surface area contributed by atoms with Gasteiger partial charge in [0.25, 0.3) is 0 Å². The lowest BCUT2D eigenvalue weighted by atomic mass is 9.74. The Kier molecular flexibility index (Phi) is 2.89. The van der Waals surface area contributed by atoms with Gasteiger partial charge in [-0.15, -0.1) is 0 Å². The van der Waals surface area contributed by atoms with Gasteiger partial charge in [-0.2, -0.15) is 0 Å². The van der Waals surface area contributed by atoms with Crippen molar-refractivity contribution in [2.75, 3.05) is 19.8 Å². The van der Waals surface area contributed by atoms with Crippen LogP contribution in [0.15, 0.2) is 0 Å². The summed E-state index contributed by atoms with van der Waals surface area (Å²) in [6, 6.07) is 0.543. The lowest BCUT2D eigenvalue weighted by molar-refractivity contribution is 0.0411. The van der Waals surface area contributed by atoms with Gasteiger partial charge in [-0.1, -0.05) is 19.3 Å². The molecule has 1 heterocycles. The topological polar surface area (TPSA) is 21.3 Å². The van der Waals surface area contributed by atoms with Crippen LogP contribution in [-0.2, 0) is 4.74 Å². The second kappa shape index (κ2) is 3.97. The van der Waals surface area contributed by atoms with Gasteiger partial charge in [0.05, 0.1) is 13.2 Å². The highest BCUT2D eigenvalue weighted by atomic mass is 16.5. The molecule has 2 fully saturated rings. The number of hydrogen-bond acceptors (Lipinski definition) is 2. The molecule has 0 aromatic rings. The molecule has 0 bridgehead atoms. The predicted octanol–water partition coefficient (Wildman–Crippen LogP) is 1.95. The molecule has 1 saturated carbocycles. The van der Waals surface area contributed by atoms with Crippen molar-refractivity contribution < 1.29 is 4.74 Å². The summed E-state index contributed by atoms with van der Waals surface area (Å²) in [7, 11) is 0. The van der Waals surface area contributed by atoms with E-state index in [0.717, 1.165) is 13.2 Å². The van der Waals surface area contributed by atoms with Crippen LogP contribution in [0.25, 0.3) is 0 Å². The van der Waals surface area contributed by atoms with Gasteiger partial charge in [0.1, 0.15) is 0 Å². The van der Waals surface area contributed by atoms with Gasteiger partial charge in [-0.3, -0.25) is 0 Å². The monoisotopic (exact) mass is 183 g/mol. The molecule has 0 radical (unpaired) electrons. The smallest absolute Gasteiger partial charge is 0.0617 e. The average Bonchev–Trinajstić information content (AvgIpc) is 2.32. The lowest BCUT2D eigenvalue weighted by Crippen LogP contribution is -2.39. The maximum atomic E-state index is 5.74. The fraction of sp³-hybridized carbons (Fsp3) is 1.00. The maximum Gasteiger partial charge on any atom is 0.0617 e. The highest BCUT2D eigenvalue weighted by Gasteiger charge is 2.34. The minimum atomic E-state index is 0.489. The van der Waals surface area contributed by atoms with E-state index in [4.69, 9.17) is 4.74 Å². The fourth-order valence-corrected chi connectivity index (χ4v) is 2.58. The SMILES string of the molecule is CC1COCC2(CCCCC2)CN1. The number of rotatable bonds is 0. The molecule has 1 saturated heterocycles. The summed E-state index contributed by atoms with van der Waals surface area (Å²) in [5.74, 6) is 0.